The van der Waals surface area contributed by atoms with Crippen LogP contribution in [0, 0.1) is 0 Å². The van der Waals surface area contributed by atoms with Gasteiger partial charge in [-0.05, 0) is 31.0 Å². The van der Waals surface area contributed by atoms with Gasteiger partial charge in [-0.1, -0.05) is 18.2 Å². The van der Waals surface area contributed by atoms with E-state index >= 15 is 0 Å². The maximum atomic E-state index is 4.55. The van der Waals surface area contributed by atoms with Crippen molar-refractivity contribution in [2.75, 3.05) is 13.1 Å². The molecule has 0 aliphatic carbocycles. The van der Waals surface area contributed by atoms with Crippen LogP contribution in [0.4, 0.5) is 0 Å². The highest BCUT2D eigenvalue weighted by Crippen LogP contribution is 2.07. The average Bonchev–Trinajstić information content (AvgIpc) is 3.29. The number of rotatable bonds is 7. The fraction of sp³-hybridized carbons (Fsp3) is 0.333. The van der Waals surface area contributed by atoms with Gasteiger partial charge in [-0.25, -0.2) is 14.7 Å². The minimum Gasteiger partial charge on any atom is -0.357 e. The van der Waals surface area contributed by atoms with Crippen LogP contribution in [0.3, 0.4) is 0 Å². The molecule has 1 aromatic carbocycles. The third-order valence-corrected chi connectivity index (χ3v) is 3.89. The van der Waals surface area contributed by atoms with E-state index in [2.05, 4.69) is 37.0 Å². The number of para-hydroxylation sites is 1. The summed E-state index contributed by atoms with van der Waals surface area (Å²) in [5, 5.41) is 15.1. The topological polar surface area (TPSA) is 84.9 Å². The lowest BCUT2D eigenvalue weighted by Gasteiger charge is -2.10. The van der Waals surface area contributed by atoms with Gasteiger partial charge in [-0.3, -0.25) is 4.68 Å². The third-order valence-electron chi connectivity index (χ3n) is 3.89. The van der Waals surface area contributed by atoms with Gasteiger partial charge >= 0.3 is 0 Å². The summed E-state index contributed by atoms with van der Waals surface area (Å²) in [7, 11) is 1.86. The number of nitrogens with zero attached hydrogens (tertiary/aromatic N) is 6. The largest absolute Gasteiger partial charge is 0.357 e. The van der Waals surface area contributed by atoms with Crippen molar-refractivity contribution in [2.24, 2.45) is 12.0 Å². The Kier molecular flexibility index (Phi) is 5.97. The molecule has 0 fully saturated rings. The molecule has 0 amide bonds. The van der Waals surface area contributed by atoms with Crippen LogP contribution in [0.5, 0.6) is 0 Å². The normalized spacial score (nSPS) is 11.5. The predicted octanol–water partition coefficient (Wildman–Crippen LogP) is 1.30. The standard InChI is InChI=1S/C18H24N8/c1-3-19-18(21-12-17-22-14-24-25(17)2)20-10-9-15-11-23-26(13-15)16-7-5-4-6-8-16/h4-8,11,13-14H,3,9-10,12H2,1-2H3,(H2,19,20,21). The molecule has 3 rings (SSSR count). The first-order valence-electron chi connectivity index (χ1n) is 8.70. The van der Waals surface area contributed by atoms with Crippen LogP contribution in [0.2, 0.25) is 0 Å². The molecular weight excluding hydrogens is 328 g/mol. The van der Waals surface area contributed by atoms with Crippen molar-refractivity contribution in [2.45, 2.75) is 19.9 Å². The van der Waals surface area contributed by atoms with Gasteiger partial charge in [-0.2, -0.15) is 10.2 Å². The zero-order valence-corrected chi connectivity index (χ0v) is 15.1. The monoisotopic (exact) mass is 352 g/mol. The lowest BCUT2D eigenvalue weighted by Crippen LogP contribution is -2.38. The van der Waals surface area contributed by atoms with Crippen LogP contribution in [-0.2, 0) is 20.0 Å². The van der Waals surface area contributed by atoms with Crippen molar-refractivity contribution in [1.29, 1.82) is 0 Å². The Hall–Kier alpha value is -3.16. The Morgan fingerprint density at radius 3 is 2.73 bits per heavy atom. The van der Waals surface area contributed by atoms with Crippen LogP contribution in [0.25, 0.3) is 5.69 Å². The Balaban J connectivity index is 1.53. The molecule has 0 aliphatic heterocycles. The predicted molar refractivity (Wildman–Crippen MR) is 101 cm³/mol. The number of hydrogen-bond acceptors (Lipinski definition) is 4. The Labute approximate surface area is 153 Å². The van der Waals surface area contributed by atoms with E-state index in [4.69, 9.17) is 0 Å². The van der Waals surface area contributed by atoms with Gasteiger partial charge in [0.05, 0.1) is 11.9 Å². The first-order valence-corrected chi connectivity index (χ1v) is 8.70. The summed E-state index contributed by atoms with van der Waals surface area (Å²) in [5.41, 5.74) is 2.23. The number of aromatic nitrogens is 5. The molecule has 136 valence electrons. The summed E-state index contributed by atoms with van der Waals surface area (Å²) < 4.78 is 3.62. The Morgan fingerprint density at radius 2 is 2.00 bits per heavy atom. The average molecular weight is 352 g/mol. The van der Waals surface area contributed by atoms with Crippen molar-refractivity contribution in [1.82, 2.24) is 35.2 Å². The molecule has 3 aromatic rings. The molecule has 26 heavy (non-hydrogen) atoms. The van der Waals surface area contributed by atoms with Crippen molar-refractivity contribution >= 4 is 5.96 Å². The van der Waals surface area contributed by atoms with Gasteiger partial charge in [0.2, 0.25) is 0 Å². The Bertz CT molecular complexity index is 834. The fourth-order valence-electron chi connectivity index (χ4n) is 2.49. The maximum absolute atomic E-state index is 4.55. The van der Waals surface area contributed by atoms with Gasteiger partial charge in [-0.15, -0.1) is 0 Å². The quantitative estimate of drug-likeness (QED) is 0.494. The van der Waals surface area contributed by atoms with E-state index in [1.807, 2.05) is 55.2 Å². The second kappa shape index (κ2) is 8.80. The van der Waals surface area contributed by atoms with Crippen molar-refractivity contribution < 1.29 is 0 Å². The zero-order valence-electron chi connectivity index (χ0n) is 15.1. The SMILES string of the molecule is CCNC(=NCc1ncnn1C)NCCc1cnn(-c2ccccc2)c1. The molecule has 0 atom stereocenters. The smallest absolute Gasteiger partial charge is 0.191 e. The van der Waals surface area contributed by atoms with Gasteiger partial charge < -0.3 is 10.6 Å². The first kappa shape index (κ1) is 17.7. The number of benzene rings is 1. The summed E-state index contributed by atoms with van der Waals surface area (Å²) in [6.45, 7) is 4.10. The van der Waals surface area contributed by atoms with E-state index in [0.29, 0.717) is 6.54 Å². The van der Waals surface area contributed by atoms with Crippen LogP contribution in [0.15, 0.2) is 54.0 Å². The molecule has 2 aromatic heterocycles. The lowest BCUT2D eigenvalue weighted by atomic mass is 10.2. The summed E-state index contributed by atoms with van der Waals surface area (Å²) in [4.78, 5) is 8.74. The van der Waals surface area contributed by atoms with Crippen LogP contribution < -0.4 is 10.6 Å². The molecule has 0 bridgehead atoms. The van der Waals surface area contributed by atoms with Crippen LogP contribution >= 0.6 is 0 Å². The van der Waals surface area contributed by atoms with Crippen molar-refractivity contribution in [3.63, 3.8) is 0 Å². The molecule has 0 aliphatic rings. The highest BCUT2D eigenvalue weighted by atomic mass is 15.3. The van der Waals surface area contributed by atoms with Crippen molar-refractivity contribution in [3.05, 3.63) is 60.4 Å². The molecule has 0 unspecified atom stereocenters. The van der Waals surface area contributed by atoms with E-state index < -0.39 is 0 Å². The molecule has 2 heterocycles. The maximum Gasteiger partial charge on any atom is 0.191 e. The molecule has 0 radical (unpaired) electrons. The van der Waals surface area contributed by atoms with Gasteiger partial charge in [0.25, 0.3) is 0 Å². The van der Waals surface area contributed by atoms with E-state index in [1.54, 1.807) is 4.68 Å². The van der Waals surface area contributed by atoms with Crippen LogP contribution in [0.1, 0.15) is 18.3 Å². The van der Waals surface area contributed by atoms with E-state index in [1.165, 1.54) is 11.9 Å². The third kappa shape index (κ3) is 4.69. The molecule has 0 spiro atoms. The van der Waals surface area contributed by atoms with E-state index in [0.717, 1.165) is 37.0 Å². The first-order chi connectivity index (χ1) is 12.8. The number of hydrogen-bond donors (Lipinski definition) is 2. The van der Waals surface area contributed by atoms with Gasteiger partial charge in [0, 0.05) is 26.3 Å². The summed E-state index contributed by atoms with van der Waals surface area (Å²) in [6.07, 6.45) is 6.36. The second-order valence-corrected chi connectivity index (χ2v) is 5.80. The molecule has 0 saturated heterocycles. The minimum absolute atomic E-state index is 0.484. The number of aliphatic imine (C=N–C) groups is 1. The molecule has 8 heteroatoms. The van der Waals surface area contributed by atoms with Gasteiger partial charge in [0.1, 0.15) is 18.7 Å². The fourth-order valence-corrected chi connectivity index (χ4v) is 2.49. The molecule has 2 N–H and O–H groups in total. The van der Waals surface area contributed by atoms with Gasteiger partial charge in [0.15, 0.2) is 5.96 Å². The van der Waals surface area contributed by atoms with Crippen LogP contribution in [-0.4, -0.2) is 43.6 Å². The van der Waals surface area contributed by atoms with Crippen molar-refractivity contribution in [3.8, 4) is 5.69 Å². The highest BCUT2D eigenvalue weighted by Gasteiger charge is 2.03. The highest BCUT2D eigenvalue weighted by molar-refractivity contribution is 5.79. The Morgan fingerprint density at radius 1 is 1.15 bits per heavy atom. The molecule has 8 nitrogen and oxygen atoms in total. The van der Waals surface area contributed by atoms with E-state index in [9.17, 15) is 0 Å². The number of nitrogens with one attached hydrogen (secondary N) is 2. The molecular formula is C18H24N8. The molecule has 0 saturated carbocycles. The summed E-state index contributed by atoms with van der Waals surface area (Å²) in [6, 6.07) is 10.1. The lowest BCUT2D eigenvalue weighted by molar-refractivity contribution is 0.697. The van der Waals surface area contributed by atoms with E-state index in [-0.39, 0.29) is 0 Å². The number of guanidine groups is 1. The second-order valence-electron chi connectivity index (χ2n) is 5.80. The summed E-state index contributed by atoms with van der Waals surface area (Å²) in [5.74, 6) is 1.59. The minimum atomic E-state index is 0.484. The number of aryl methyl sites for hydroxylation is 1. The summed E-state index contributed by atoms with van der Waals surface area (Å²) >= 11 is 0. The zero-order chi connectivity index (χ0) is 18.2.